The van der Waals surface area contributed by atoms with E-state index in [0.717, 1.165) is 30.4 Å². The molecule has 4 rings (SSSR count). The van der Waals surface area contributed by atoms with Crippen LogP contribution in [0.2, 0.25) is 0 Å². The number of rotatable bonds is 6. The average molecular weight is 531 g/mol. The molecule has 0 radical (unpaired) electrons. The highest BCUT2D eigenvalue weighted by molar-refractivity contribution is 14.0. The van der Waals surface area contributed by atoms with Crippen LogP contribution in [0.1, 0.15) is 36.9 Å². The minimum absolute atomic E-state index is 0. The summed E-state index contributed by atoms with van der Waals surface area (Å²) in [6, 6.07) is 13.0. The minimum atomic E-state index is 0. The fourth-order valence-corrected chi connectivity index (χ4v) is 3.74. The van der Waals surface area contributed by atoms with Crippen molar-refractivity contribution >= 4 is 35.6 Å². The topological polar surface area (TPSA) is 70.4 Å². The van der Waals surface area contributed by atoms with Crippen LogP contribution in [0, 0.1) is 0 Å². The first-order valence-electron chi connectivity index (χ1n) is 10.5. The molecule has 1 unspecified atom stereocenters. The van der Waals surface area contributed by atoms with E-state index in [9.17, 15) is 0 Å². The number of aliphatic imine (C=N–C) groups is 1. The van der Waals surface area contributed by atoms with Gasteiger partial charge in [-0.15, -0.1) is 24.0 Å². The average Bonchev–Trinajstić information content (AvgIpc) is 3.51. The van der Waals surface area contributed by atoms with Crippen LogP contribution in [0.4, 0.5) is 5.69 Å². The predicted molar refractivity (Wildman–Crippen MR) is 136 cm³/mol. The molecule has 0 spiro atoms. The Hall–Kier alpha value is -2.62. The van der Waals surface area contributed by atoms with Gasteiger partial charge in [0.15, 0.2) is 5.96 Å². The molecule has 0 saturated carbocycles. The summed E-state index contributed by atoms with van der Waals surface area (Å²) in [5.74, 6) is 1.62. The standard InChI is InChI=1S/C23H29N7.HI/c1-18(20-6-5-7-21(15-20)29-11-3-4-12-29)28-23(24-2)27-16-19-8-9-26-22(14-19)30-13-10-25-17-30;/h5-10,13-15,17-18H,3-4,11-12,16H2,1-2H3,(H2,24,27,28);1H. The number of guanidine groups is 1. The van der Waals surface area contributed by atoms with Crippen molar-refractivity contribution in [2.24, 2.45) is 4.99 Å². The molecule has 7 nitrogen and oxygen atoms in total. The molecule has 1 fully saturated rings. The minimum Gasteiger partial charge on any atom is -0.372 e. The highest BCUT2D eigenvalue weighted by Gasteiger charge is 2.14. The molecule has 31 heavy (non-hydrogen) atoms. The van der Waals surface area contributed by atoms with Gasteiger partial charge in [0.2, 0.25) is 0 Å². The van der Waals surface area contributed by atoms with Crippen LogP contribution in [0.15, 0.2) is 66.3 Å². The van der Waals surface area contributed by atoms with Gasteiger partial charge in [0.1, 0.15) is 12.1 Å². The number of anilines is 1. The number of benzene rings is 1. The number of imidazole rings is 1. The molecule has 0 bridgehead atoms. The maximum atomic E-state index is 4.40. The van der Waals surface area contributed by atoms with Crippen LogP contribution in [0.25, 0.3) is 5.82 Å². The smallest absolute Gasteiger partial charge is 0.191 e. The second-order valence-electron chi connectivity index (χ2n) is 7.57. The Balaban J connectivity index is 0.00000272. The van der Waals surface area contributed by atoms with Crippen molar-refractivity contribution in [1.82, 2.24) is 25.2 Å². The van der Waals surface area contributed by atoms with Gasteiger partial charge in [-0.05, 0) is 55.2 Å². The molecule has 1 aromatic carbocycles. The first kappa shape index (κ1) is 23.1. The first-order valence-corrected chi connectivity index (χ1v) is 10.5. The van der Waals surface area contributed by atoms with Gasteiger partial charge >= 0.3 is 0 Å². The van der Waals surface area contributed by atoms with Crippen LogP contribution in [0.5, 0.6) is 0 Å². The Kier molecular flexibility index (Phi) is 8.27. The van der Waals surface area contributed by atoms with Crippen molar-refractivity contribution in [3.63, 3.8) is 0 Å². The monoisotopic (exact) mass is 531 g/mol. The molecule has 1 aliphatic heterocycles. The van der Waals surface area contributed by atoms with Gasteiger partial charge in [0.05, 0.1) is 6.04 Å². The third-order valence-corrected chi connectivity index (χ3v) is 5.46. The lowest BCUT2D eigenvalue weighted by Gasteiger charge is -2.22. The lowest BCUT2D eigenvalue weighted by atomic mass is 10.1. The van der Waals surface area contributed by atoms with E-state index in [2.05, 4.69) is 61.7 Å². The van der Waals surface area contributed by atoms with Gasteiger partial charge in [-0.1, -0.05) is 12.1 Å². The molecule has 3 heterocycles. The van der Waals surface area contributed by atoms with Crippen LogP contribution in [-0.4, -0.2) is 40.6 Å². The molecule has 164 valence electrons. The first-order chi connectivity index (χ1) is 14.7. The Bertz CT molecular complexity index is 981. The molecule has 0 amide bonds. The Morgan fingerprint density at radius 3 is 2.74 bits per heavy atom. The highest BCUT2D eigenvalue weighted by Crippen LogP contribution is 2.24. The van der Waals surface area contributed by atoms with E-state index in [1.165, 1.54) is 24.1 Å². The maximum Gasteiger partial charge on any atom is 0.191 e. The number of nitrogens with zero attached hydrogens (tertiary/aromatic N) is 5. The van der Waals surface area contributed by atoms with E-state index in [1.54, 1.807) is 19.6 Å². The summed E-state index contributed by atoms with van der Waals surface area (Å²) in [6.45, 7) is 5.13. The van der Waals surface area contributed by atoms with Crippen LogP contribution in [-0.2, 0) is 6.54 Å². The number of aromatic nitrogens is 3. The fraction of sp³-hybridized carbons (Fsp3) is 0.348. The summed E-state index contributed by atoms with van der Waals surface area (Å²) >= 11 is 0. The number of nitrogens with one attached hydrogen (secondary N) is 2. The van der Waals surface area contributed by atoms with E-state index in [4.69, 9.17) is 0 Å². The lowest BCUT2D eigenvalue weighted by molar-refractivity contribution is 0.685. The normalized spacial score (nSPS) is 14.8. The zero-order valence-electron chi connectivity index (χ0n) is 18.0. The van der Waals surface area contributed by atoms with Gasteiger partial charge in [-0.3, -0.25) is 9.56 Å². The molecule has 3 aromatic rings. The van der Waals surface area contributed by atoms with Crippen molar-refractivity contribution in [3.05, 3.63) is 72.4 Å². The molecule has 1 saturated heterocycles. The number of halogens is 1. The second kappa shape index (κ2) is 11.1. The molecular weight excluding hydrogens is 501 g/mol. The van der Waals surface area contributed by atoms with Crippen molar-refractivity contribution in [3.8, 4) is 5.82 Å². The zero-order valence-corrected chi connectivity index (χ0v) is 20.4. The second-order valence-corrected chi connectivity index (χ2v) is 7.57. The zero-order chi connectivity index (χ0) is 20.8. The van der Waals surface area contributed by atoms with Gasteiger partial charge < -0.3 is 15.5 Å². The van der Waals surface area contributed by atoms with Gasteiger partial charge in [-0.25, -0.2) is 9.97 Å². The van der Waals surface area contributed by atoms with E-state index in [0.29, 0.717) is 6.54 Å². The molecule has 8 heteroatoms. The maximum absolute atomic E-state index is 4.40. The van der Waals surface area contributed by atoms with E-state index in [-0.39, 0.29) is 30.0 Å². The Morgan fingerprint density at radius 1 is 1.16 bits per heavy atom. The SMILES string of the molecule is CN=C(NCc1ccnc(-n2ccnc2)c1)NC(C)c1cccc(N2CCCC2)c1.I. The summed E-state index contributed by atoms with van der Waals surface area (Å²) in [4.78, 5) is 15.3. The van der Waals surface area contributed by atoms with Crippen molar-refractivity contribution in [2.45, 2.75) is 32.4 Å². The van der Waals surface area contributed by atoms with Crippen molar-refractivity contribution in [1.29, 1.82) is 0 Å². The van der Waals surface area contributed by atoms with Crippen LogP contribution >= 0.6 is 24.0 Å². The summed E-state index contributed by atoms with van der Waals surface area (Å²) in [7, 11) is 1.80. The fourth-order valence-electron chi connectivity index (χ4n) is 3.74. The predicted octanol–water partition coefficient (Wildman–Crippen LogP) is 3.91. The molecule has 0 aliphatic carbocycles. The highest BCUT2D eigenvalue weighted by atomic mass is 127. The molecule has 1 atom stereocenters. The summed E-state index contributed by atoms with van der Waals surface area (Å²) in [6.07, 6.45) is 9.77. The van der Waals surface area contributed by atoms with Crippen LogP contribution in [0.3, 0.4) is 0 Å². The third-order valence-electron chi connectivity index (χ3n) is 5.46. The molecule has 2 aromatic heterocycles. The van der Waals surface area contributed by atoms with Gasteiger partial charge in [0, 0.05) is 51.0 Å². The van der Waals surface area contributed by atoms with Gasteiger partial charge in [-0.2, -0.15) is 0 Å². The Morgan fingerprint density at radius 2 is 2.00 bits per heavy atom. The lowest BCUT2D eigenvalue weighted by Crippen LogP contribution is -2.38. The summed E-state index contributed by atoms with van der Waals surface area (Å²) in [5.41, 5.74) is 3.69. The quantitative estimate of drug-likeness (QED) is 0.287. The van der Waals surface area contributed by atoms with Crippen molar-refractivity contribution < 1.29 is 0 Å². The summed E-state index contributed by atoms with van der Waals surface area (Å²) < 4.78 is 1.89. The van der Waals surface area contributed by atoms with Crippen LogP contribution < -0.4 is 15.5 Å². The van der Waals surface area contributed by atoms with E-state index < -0.39 is 0 Å². The molecule has 2 N–H and O–H groups in total. The summed E-state index contributed by atoms with van der Waals surface area (Å²) in [5, 5.41) is 6.91. The third kappa shape index (κ3) is 5.96. The van der Waals surface area contributed by atoms with Gasteiger partial charge in [0.25, 0.3) is 0 Å². The Labute approximate surface area is 201 Å². The largest absolute Gasteiger partial charge is 0.372 e. The van der Waals surface area contributed by atoms with E-state index >= 15 is 0 Å². The van der Waals surface area contributed by atoms with Crippen molar-refractivity contribution in [2.75, 3.05) is 25.0 Å². The molecular formula is C23H30IN7. The number of hydrogen-bond donors (Lipinski definition) is 2. The molecule has 1 aliphatic rings. The number of pyridine rings is 1. The van der Waals surface area contributed by atoms with E-state index in [1.807, 2.05) is 29.1 Å². The number of hydrogen-bond acceptors (Lipinski definition) is 4.